The molecule has 0 amide bonds. The van der Waals surface area contributed by atoms with Crippen LogP contribution >= 0.6 is 0 Å². The van der Waals surface area contributed by atoms with Crippen LogP contribution in [0.1, 0.15) is 65.4 Å². The summed E-state index contributed by atoms with van der Waals surface area (Å²) in [5.74, 6) is 1.92. The summed E-state index contributed by atoms with van der Waals surface area (Å²) in [5.41, 5.74) is 3.48. The zero-order valence-electron chi connectivity index (χ0n) is 18.3. The van der Waals surface area contributed by atoms with E-state index in [1.165, 1.54) is 11.1 Å². The fourth-order valence-corrected chi connectivity index (χ4v) is 2.77. The molecule has 0 aliphatic carbocycles. The zero-order valence-corrected chi connectivity index (χ0v) is 18.3. The van der Waals surface area contributed by atoms with Crippen molar-refractivity contribution in [3.63, 3.8) is 0 Å². The van der Waals surface area contributed by atoms with Gasteiger partial charge in [-0.05, 0) is 38.5 Å². The van der Waals surface area contributed by atoms with Crippen LogP contribution < -0.4 is 4.74 Å². The van der Waals surface area contributed by atoms with Crippen LogP contribution in [-0.2, 0) is 5.41 Å². The molecule has 4 heterocycles. The molecule has 148 valence electrons. The monoisotopic (exact) mass is 370 g/mol. The third kappa shape index (κ3) is 4.88. The maximum Gasteiger partial charge on any atom is 0.152 e. The van der Waals surface area contributed by atoms with E-state index in [1.54, 1.807) is 18.6 Å². The Balaban J connectivity index is 0.000000229. The number of hydrogen-bond acceptors (Lipinski definition) is 4. The first-order chi connectivity index (χ1) is 12.9. The molecule has 4 rings (SSSR count). The fraction of sp³-hybridized carbons (Fsp3) is 0.478. The molecule has 0 bridgehead atoms. The lowest BCUT2D eigenvalue weighted by molar-refractivity contribution is 0.185. The van der Waals surface area contributed by atoms with Crippen molar-refractivity contribution >= 4 is 11.0 Å². The van der Waals surface area contributed by atoms with E-state index in [1.807, 2.05) is 52.9 Å². The Kier molecular flexibility index (Phi) is 8.48. The van der Waals surface area contributed by atoms with Crippen molar-refractivity contribution in [2.75, 3.05) is 0 Å². The molecule has 4 nitrogen and oxygen atoms in total. The lowest BCUT2D eigenvalue weighted by Crippen LogP contribution is -2.28. The number of aromatic nitrogens is 2. The summed E-state index contributed by atoms with van der Waals surface area (Å²) < 4.78 is 11.1. The van der Waals surface area contributed by atoms with E-state index < -0.39 is 0 Å². The average Bonchev–Trinajstić information content (AvgIpc) is 3.12. The van der Waals surface area contributed by atoms with Gasteiger partial charge in [0, 0.05) is 28.8 Å². The van der Waals surface area contributed by atoms with Crippen molar-refractivity contribution in [3.05, 3.63) is 53.8 Å². The van der Waals surface area contributed by atoms with Crippen molar-refractivity contribution in [2.45, 2.75) is 73.8 Å². The predicted octanol–water partition coefficient (Wildman–Crippen LogP) is 6.64. The van der Waals surface area contributed by atoms with Crippen LogP contribution in [0.3, 0.4) is 0 Å². The van der Waals surface area contributed by atoms with Crippen LogP contribution in [0.2, 0.25) is 0 Å². The van der Waals surface area contributed by atoms with Crippen molar-refractivity contribution in [1.82, 2.24) is 9.97 Å². The highest BCUT2D eigenvalue weighted by Gasteiger charge is 2.38. The number of ether oxygens (including phenoxy) is 1. The van der Waals surface area contributed by atoms with Crippen molar-refractivity contribution < 1.29 is 9.15 Å². The number of hydrogen-bond donors (Lipinski definition) is 0. The minimum absolute atomic E-state index is 0.123. The predicted molar refractivity (Wildman–Crippen MR) is 114 cm³/mol. The molecule has 0 aromatic carbocycles. The molecule has 4 heteroatoms. The molecular formula is C23H34N2O2. The lowest BCUT2D eigenvalue weighted by atomic mass is 9.82. The Hall–Kier alpha value is -2.36. The fourth-order valence-electron chi connectivity index (χ4n) is 2.77. The molecule has 0 fully saturated rings. The Morgan fingerprint density at radius 2 is 1.52 bits per heavy atom. The first kappa shape index (κ1) is 22.7. The van der Waals surface area contributed by atoms with Gasteiger partial charge >= 0.3 is 0 Å². The summed E-state index contributed by atoms with van der Waals surface area (Å²) in [6.45, 7) is 18.5. The highest BCUT2D eigenvalue weighted by Crippen LogP contribution is 2.41. The smallest absolute Gasteiger partial charge is 0.152 e. The van der Waals surface area contributed by atoms with Crippen LogP contribution in [0.5, 0.6) is 5.75 Å². The van der Waals surface area contributed by atoms with Gasteiger partial charge in [0.25, 0.3) is 0 Å². The molecule has 0 spiro atoms. The molecular weight excluding hydrogens is 336 g/mol. The molecule has 27 heavy (non-hydrogen) atoms. The molecule has 3 aromatic heterocycles. The minimum atomic E-state index is 0.123. The molecule has 0 N–H and O–H groups in total. The maximum absolute atomic E-state index is 5.66. The van der Waals surface area contributed by atoms with Gasteiger partial charge in [-0.15, -0.1) is 0 Å². The number of pyridine rings is 2. The quantitative estimate of drug-likeness (QED) is 0.445. The minimum Gasteiger partial charge on any atom is -0.488 e. The Bertz CT molecular complexity index is 837. The number of rotatable bonds is 0. The van der Waals surface area contributed by atoms with Crippen LogP contribution in [0.4, 0.5) is 0 Å². The van der Waals surface area contributed by atoms with Crippen molar-refractivity contribution in [1.29, 1.82) is 0 Å². The average molecular weight is 371 g/mol. The molecule has 1 atom stereocenters. The molecule has 0 saturated carbocycles. The molecule has 3 aromatic rings. The normalized spacial score (nSPS) is 15.8. The van der Waals surface area contributed by atoms with Gasteiger partial charge in [-0.2, -0.15) is 0 Å². The zero-order chi connectivity index (χ0) is 20.6. The van der Waals surface area contributed by atoms with E-state index in [9.17, 15) is 0 Å². The molecule has 0 saturated heterocycles. The Morgan fingerprint density at radius 1 is 0.926 bits per heavy atom. The summed E-state index contributed by atoms with van der Waals surface area (Å²) in [6.07, 6.45) is 7.39. The SMILES string of the molecule is CC.CC.CC1Oc2cnccc2C1(C)C.Cc1oc2cnccc2c1C. The van der Waals surface area contributed by atoms with Gasteiger partial charge in [-0.3, -0.25) is 9.97 Å². The summed E-state index contributed by atoms with van der Waals surface area (Å²) in [7, 11) is 0. The molecule has 0 radical (unpaired) electrons. The molecule has 1 aliphatic rings. The summed E-state index contributed by atoms with van der Waals surface area (Å²) in [5, 5.41) is 1.16. The van der Waals surface area contributed by atoms with E-state index in [0.29, 0.717) is 0 Å². The summed E-state index contributed by atoms with van der Waals surface area (Å²) >= 11 is 0. The third-order valence-electron chi connectivity index (χ3n) is 4.78. The second kappa shape index (κ2) is 10.1. The first-order valence-electron chi connectivity index (χ1n) is 9.82. The van der Waals surface area contributed by atoms with Crippen molar-refractivity contribution in [3.8, 4) is 5.75 Å². The van der Waals surface area contributed by atoms with Gasteiger partial charge in [0.2, 0.25) is 0 Å². The topological polar surface area (TPSA) is 48.2 Å². The molecule has 1 unspecified atom stereocenters. The van der Waals surface area contributed by atoms with E-state index >= 15 is 0 Å². The van der Waals surface area contributed by atoms with E-state index in [-0.39, 0.29) is 11.5 Å². The standard InChI is InChI=1S/C10H13NO.C9H9NO.2C2H6/c1-7-10(2,3)8-4-5-11-6-9(8)12-7;1-6-7(2)11-9-5-10-4-3-8(6)9;2*1-2/h4-7H,1-3H3;3-5H,1-2H3;2*1-2H3. The number of fused-ring (bicyclic) bond motifs is 2. The second-order valence-corrected chi connectivity index (χ2v) is 6.51. The number of nitrogens with zero attached hydrogens (tertiary/aromatic N) is 2. The highest BCUT2D eigenvalue weighted by molar-refractivity contribution is 5.80. The summed E-state index contributed by atoms with van der Waals surface area (Å²) in [4.78, 5) is 8.00. The van der Waals surface area contributed by atoms with Crippen LogP contribution in [-0.4, -0.2) is 16.1 Å². The van der Waals surface area contributed by atoms with Crippen LogP contribution in [0.15, 0.2) is 41.3 Å². The Morgan fingerprint density at radius 3 is 2.11 bits per heavy atom. The van der Waals surface area contributed by atoms with Gasteiger partial charge < -0.3 is 9.15 Å². The van der Waals surface area contributed by atoms with E-state index in [4.69, 9.17) is 9.15 Å². The van der Waals surface area contributed by atoms with Crippen LogP contribution in [0.25, 0.3) is 11.0 Å². The van der Waals surface area contributed by atoms with E-state index in [0.717, 1.165) is 22.5 Å². The van der Waals surface area contributed by atoms with Gasteiger partial charge in [0.15, 0.2) is 5.58 Å². The third-order valence-corrected chi connectivity index (χ3v) is 4.78. The largest absolute Gasteiger partial charge is 0.488 e. The number of furan rings is 1. The van der Waals surface area contributed by atoms with Gasteiger partial charge in [-0.1, -0.05) is 41.5 Å². The lowest BCUT2D eigenvalue weighted by Gasteiger charge is -2.21. The van der Waals surface area contributed by atoms with Gasteiger partial charge in [0.05, 0.1) is 12.4 Å². The first-order valence-corrected chi connectivity index (χ1v) is 9.82. The van der Waals surface area contributed by atoms with E-state index in [2.05, 4.69) is 37.7 Å². The number of aryl methyl sites for hydroxylation is 2. The van der Waals surface area contributed by atoms with Crippen molar-refractivity contribution in [2.24, 2.45) is 0 Å². The highest BCUT2D eigenvalue weighted by atomic mass is 16.5. The van der Waals surface area contributed by atoms with Gasteiger partial charge in [0.1, 0.15) is 17.6 Å². The second-order valence-electron chi connectivity index (χ2n) is 6.51. The maximum atomic E-state index is 5.66. The van der Waals surface area contributed by atoms with Crippen LogP contribution in [0, 0.1) is 13.8 Å². The summed E-state index contributed by atoms with van der Waals surface area (Å²) in [6, 6.07) is 4.01. The Labute approximate surface area is 164 Å². The van der Waals surface area contributed by atoms with Gasteiger partial charge in [-0.25, -0.2) is 0 Å². The molecule has 1 aliphatic heterocycles.